The number of rotatable bonds is 4. The molecule has 1 heterocycles. The van der Waals surface area contributed by atoms with Crippen LogP contribution in [0.5, 0.6) is 0 Å². The van der Waals surface area contributed by atoms with Gasteiger partial charge in [-0.1, -0.05) is 42.1 Å². The molecule has 0 aliphatic heterocycles. The first-order valence-corrected chi connectivity index (χ1v) is 7.27. The summed E-state index contributed by atoms with van der Waals surface area (Å²) in [7, 11) is 1.46. The highest BCUT2D eigenvalue weighted by molar-refractivity contribution is 8.00. The lowest BCUT2D eigenvalue weighted by Crippen LogP contribution is -2.41. The summed E-state index contributed by atoms with van der Waals surface area (Å²) >= 11 is 1.26. The van der Waals surface area contributed by atoms with Crippen molar-refractivity contribution >= 4 is 23.7 Å². The molecule has 1 atom stereocenters. The van der Waals surface area contributed by atoms with Gasteiger partial charge in [-0.2, -0.15) is 0 Å². The summed E-state index contributed by atoms with van der Waals surface area (Å²) in [6.07, 6.45) is 1.72. The minimum atomic E-state index is -0.517. The molecule has 0 spiro atoms. The molecular weight excluding hydrogens is 288 g/mol. The summed E-state index contributed by atoms with van der Waals surface area (Å²) in [6, 6.07) is 9.27. The van der Waals surface area contributed by atoms with Gasteiger partial charge in [0.1, 0.15) is 0 Å². The van der Waals surface area contributed by atoms with E-state index in [2.05, 4.69) is 20.6 Å². The standard InChI is InChI=1S/C14H16N4O2S/c1-9(12(19)18-13(20)15-2)21-14-16-8-11(17-14)10-6-4-3-5-7-10/h3-9H,1-2H3,(H,16,17)(H2,15,18,19,20). The highest BCUT2D eigenvalue weighted by atomic mass is 32.2. The fourth-order valence-corrected chi connectivity index (χ4v) is 2.41. The molecule has 1 unspecified atom stereocenters. The molecular formula is C14H16N4O2S. The van der Waals surface area contributed by atoms with E-state index in [1.807, 2.05) is 30.3 Å². The smallest absolute Gasteiger partial charge is 0.321 e. The summed E-state index contributed by atoms with van der Waals surface area (Å²) in [5, 5.41) is 4.77. The SMILES string of the molecule is CNC(=O)NC(=O)C(C)Sc1ncc(-c2ccccc2)[nH]1. The van der Waals surface area contributed by atoms with Crippen LogP contribution in [-0.4, -0.2) is 34.2 Å². The first-order chi connectivity index (χ1) is 10.1. The molecule has 0 radical (unpaired) electrons. The molecule has 6 nitrogen and oxygen atoms in total. The number of aromatic nitrogens is 2. The Kier molecular flexibility index (Phi) is 4.99. The number of amides is 3. The molecule has 110 valence electrons. The van der Waals surface area contributed by atoms with Gasteiger partial charge in [-0.15, -0.1) is 0 Å². The molecule has 0 aliphatic carbocycles. The number of nitrogens with zero attached hydrogens (tertiary/aromatic N) is 1. The molecule has 1 aromatic carbocycles. The number of hydrogen-bond acceptors (Lipinski definition) is 4. The monoisotopic (exact) mass is 304 g/mol. The van der Waals surface area contributed by atoms with Crippen molar-refractivity contribution in [1.29, 1.82) is 0 Å². The second kappa shape index (κ2) is 6.94. The van der Waals surface area contributed by atoms with Gasteiger partial charge in [-0.3, -0.25) is 10.1 Å². The van der Waals surface area contributed by atoms with E-state index in [-0.39, 0.29) is 5.91 Å². The molecule has 0 bridgehead atoms. The Labute approximate surface area is 126 Å². The number of urea groups is 1. The van der Waals surface area contributed by atoms with Gasteiger partial charge in [0.2, 0.25) is 5.91 Å². The zero-order valence-corrected chi connectivity index (χ0v) is 12.5. The lowest BCUT2D eigenvalue weighted by atomic mass is 10.2. The van der Waals surface area contributed by atoms with Gasteiger partial charge >= 0.3 is 6.03 Å². The number of hydrogen-bond donors (Lipinski definition) is 3. The number of imide groups is 1. The Morgan fingerprint density at radius 1 is 1.29 bits per heavy atom. The van der Waals surface area contributed by atoms with Crippen molar-refractivity contribution in [2.75, 3.05) is 7.05 Å². The van der Waals surface area contributed by atoms with Gasteiger partial charge in [0.25, 0.3) is 0 Å². The molecule has 21 heavy (non-hydrogen) atoms. The normalized spacial score (nSPS) is 11.7. The minimum absolute atomic E-state index is 0.364. The van der Waals surface area contributed by atoms with E-state index in [1.165, 1.54) is 18.8 Å². The summed E-state index contributed by atoms with van der Waals surface area (Å²) in [5.41, 5.74) is 1.91. The number of thioether (sulfide) groups is 1. The number of carbonyl (C=O) groups excluding carboxylic acids is 2. The first kappa shape index (κ1) is 15.1. The van der Waals surface area contributed by atoms with Crippen LogP contribution in [0.4, 0.5) is 4.79 Å². The van der Waals surface area contributed by atoms with Crippen molar-refractivity contribution in [1.82, 2.24) is 20.6 Å². The number of imidazole rings is 1. The largest absolute Gasteiger partial charge is 0.341 e. The summed E-state index contributed by atoms with van der Waals surface area (Å²) in [6.45, 7) is 1.72. The van der Waals surface area contributed by atoms with Gasteiger partial charge in [0.15, 0.2) is 5.16 Å². The van der Waals surface area contributed by atoms with E-state index in [0.717, 1.165) is 11.3 Å². The van der Waals surface area contributed by atoms with E-state index in [4.69, 9.17) is 0 Å². The molecule has 7 heteroatoms. The Bertz CT molecular complexity index is 627. The van der Waals surface area contributed by atoms with Gasteiger partial charge in [0.05, 0.1) is 17.1 Å². The highest BCUT2D eigenvalue weighted by Gasteiger charge is 2.18. The van der Waals surface area contributed by atoms with Crippen LogP contribution in [0.1, 0.15) is 6.92 Å². The second-order valence-corrected chi connectivity index (χ2v) is 5.63. The Hall–Kier alpha value is -2.28. The van der Waals surface area contributed by atoms with Crippen LogP contribution in [-0.2, 0) is 4.79 Å². The number of aromatic amines is 1. The maximum atomic E-state index is 11.8. The maximum Gasteiger partial charge on any atom is 0.321 e. The number of nitrogens with one attached hydrogen (secondary N) is 3. The number of H-pyrrole nitrogens is 1. The van der Waals surface area contributed by atoms with Crippen LogP contribution in [0.2, 0.25) is 0 Å². The van der Waals surface area contributed by atoms with Crippen molar-refractivity contribution in [3.63, 3.8) is 0 Å². The van der Waals surface area contributed by atoms with Crippen LogP contribution in [0, 0.1) is 0 Å². The van der Waals surface area contributed by atoms with E-state index < -0.39 is 11.3 Å². The third-order valence-electron chi connectivity index (χ3n) is 2.76. The first-order valence-electron chi connectivity index (χ1n) is 6.40. The quantitative estimate of drug-likeness (QED) is 0.754. The van der Waals surface area contributed by atoms with Gasteiger partial charge in [-0.05, 0) is 12.5 Å². The highest BCUT2D eigenvalue weighted by Crippen LogP contribution is 2.24. The molecule has 0 saturated carbocycles. The van der Waals surface area contributed by atoms with Gasteiger partial charge < -0.3 is 10.3 Å². The zero-order chi connectivity index (χ0) is 15.2. The average molecular weight is 304 g/mol. The number of benzene rings is 1. The Balaban J connectivity index is 1.99. The number of carbonyl (C=O) groups is 2. The van der Waals surface area contributed by atoms with Crippen LogP contribution < -0.4 is 10.6 Å². The van der Waals surface area contributed by atoms with E-state index in [0.29, 0.717) is 5.16 Å². The van der Waals surface area contributed by atoms with Crippen molar-refractivity contribution in [2.24, 2.45) is 0 Å². The fourth-order valence-electron chi connectivity index (χ4n) is 1.62. The van der Waals surface area contributed by atoms with Crippen LogP contribution in [0.3, 0.4) is 0 Å². The van der Waals surface area contributed by atoms with Crippen molar-refractivity contribution in [2.45, 2.75) is 17.3 Å². The van der Waals surface area contributed by atoms with Crippen molar-refractivity contribution < 1.29 is 9.59 Å². The van der Waals surface area contributed by atoms with Crippen LogP contribution in [0.15, 0.2) is 41.7 Å². The molecule has 0 saturated heterocycles. The summed E-state index contributed by atoms with van der Waals surface area (Å²) in [5.74, 6) is -0.364. The predicted octanol–water partition coefficient (Wildman–Crippen LogP) is 2.01. The topological polar surface area (TPSA) is 86.9 Å². The summed E-state index contributed by atoms with van der Waals surface area (Å²) < 4.78 is 0. The fraction of sp³-hybridized carbons (Fsp3) is 0.214. The van der Waals surface area contributed by atoms with Gasteiger partial charge in [-0.25, -0.2) is 9.78 Å². The molecule has 2 rings (SSSR count). The van der Waals surface area contributed by atoms with Crippen molar-refractivity contribution in [3.8, 4) is 11.3 Å². The molecule has 2 aromatic rings. The molecule has 1 aromatic heterocycles. The zero-order valence-electron chi connectivity index (χ0n) is 11.7. The predicted molar refractivity (Wildman–Crippen MR) is 81.9 cm³/mol. The Morgan fingerprint density at radius 2 is 2.00 bits per heavy atom. The molecule has 3 N–H and O–H groups in total. The van der Waals surface area contributed by atoms with Gasteiger partial charge in [0, 0.05) is 7.05 Å². The van der Waals surface area contributed by atoms with Crippen LogP contribution in [0.25, 0.3) is 11.3 Å². The second-order valence-electron chi connectivity index (χ2n) is 4.30. The third kappa shape index (κ3) is 4.09. The lowest BCUT2D eigenvalue weighted by molar-refractivity contribution is -0.119. The minimum Gasteiger partial charge on any atom is -0.341 e. The lowest BCUT2D eigenvalue weighted by Gasteiger charge is -2.08. The Morgan fingerprint density at radius 3 is 2.67 bits per heavy atom. The average Bonchev–Trinajstić information content (AvgIpc) is 2.96. The van der Waals surface area contributed by atoms with E-state index in [1.54, 1.807) is 13.1 Å². The maximum absolute atomic E-state index is 11.8. The molecule has 3 amide bonds. The van der Waals surface area contributed by atoms with Crippen LogP contribution >= 0.6 is 11.8 Å². The third-order valence-corrected chi connectivity index (χ3v) is 3.76. The van der Waals surface area contributed by atoms with E-state index >= 15 is 0 Å². The van der Waals surface area contributed by atoms with E-state index in [9.17, 15) is 9.59 Å². The van der Waals surface area contributed by atoms with Crippen molar-refractivity contribution in [3.05, 3.63) is 36.5 Å². The summed E-state index contributed by atoms with van der Waals surface area (Å²) in [4.78, 5) is 30.2. The molecule has 0 fully saturated rings. The molecule has 0 aliphatic rings.